The largest absolute Gasteiger partial charge is 0.339 e. The van der Waals surface area contributed by atoms with Crippen LogP contribution in [0.5, 0.6) is 0 Å². The molecule has 0 N–H and O–H groups in total. The van der Waals surface area contributed by atoms with Crippen LogP contribution in [0.1, 0.15) is 46.0 Å². The van der Waals surface area contributed by atoms with E-state index >= 15 is 0 Å². The molecule has 0 aliphatic heterocycles. The molecule has 1 saturated carbocycles. The molecule has 0 heterocycles. The molecule has 0 aromatic rings. The zero-order chi connectivity index (χ0) is 11.3. The molecule has 0 aromatic heterocycles. The molecule has 15 heavy (non-hydrogen) atoms. The second-order valence-corrected chi connectivity index (χ2v) is 5.52. The van der Waals surface area contributed by atoms with E-state index in [2.05, 4.69) is 29.8 Å². The highest BCUT2D eigenvalue weighted by Gasteiger charge is 2.22. The van der Waals surface area contributed by atoms with Crippen LogP contribution in [0.2, 0.25) is 0 Å². The molecule has 1 fully saturated rings. The fourth-order valence-electron chi connectivity index (χ4n) is 2.34. The molecular formula is C12H22BrNO. The number of alkyl halides is 1. The summed E-state index contributed by atoms with van der Waals surface area (Å²) >= 11 is 3.41. The van der Waals surface area contributed by atoms with Crippen LogP contribution in [-0.2, 0) is 4.79 Å². The lowest BCUT2D eigenvalue weighted by atomic mass is 10.0. The van der Waals surface area contributed by atoms with Crippen LogP contribution in [-0.4, -0.2) is 28.7 Å². The van der Waals surface area contributed by atoms with Gasteiger partial charge in [-0.2, -0.15) is 0 Å². The van der Waals surface area contributed by atoms with Crippen LogP contribution in [0.15, 0.2) is 0 Å². The van der Waals surface area contributed by atoms with Gasteiger partial charge in [-0.25, -0.2) is 0 Å². The summed E-state index contributed by atoms with van der Waals surface area (Å²) in [4.78, 5) is 14.0. The average molecular weight is 276 g/mol. The van der Waals surface area contributed by atoms with Gasteiger partial charge in [0.05, 0.1) is 0 Å². The molecule has 88 valence electrons. The van der Waals surface area contributed by atoms with Gasteiger partial charge in [0.1, 0.15) is 0 Å². The van der Waals surface area contributed by atoms with Crippen molar-refractivity contribution < 1.29 is 4.79 Å². The summed E-state index contributed by atoms with van der Waals surface area (Å²) in [5.41, 5.74) is 0. The quantitative estimate of drug-likeness (QED) is 0.706. The Morgan fingerprint density at radius 2 is 2.00 bits per heavy atom. The highest BCUT2D eigenvalue weighted by atomic mass is 79.9. The topological polar surface area (TPSA) is 20.3 Å². The van der Waals surface area contributed by atoms with Gasteiger partial charge in [-0.1, -0.05) is 28.8 Å². The highest BCUT2D eigenvalue weighted by molar-refractivity contribution is 9.09. The molecule has 0 aromatic carbocycles. The Kier molecular flexibility index (Phi) is 5.65. The van der Waals surface area contributed by atoms with Crippen molar-refractivity contribution in [3.05, 3.63) is 0 Å². The predicted octanol–water partition coefficient (Wildman–Crippen LogP) is 3.20. The van der Waals surface area contributed by atoms with Crippen molar-refractivity contribution in [3.8, 4) is 0 Å². The third-order valence-corrected chi connectivity index (χ3v) is 3.56. The van der Waals surface area contributed by atoms with Crippen molar-refractivity contribution in [2.75, 3.05) is 11.9 Å². The van der Waals surface area contributed by atoms with E-state index in [0.717, 1.165) is 18.3 Å². The first kappa shape index (κ1) is 13.0. The summed E-state index contributed by atoms with van der Waals surface area (Å²) in [6, 6.07) is 0.330. The van der Waals surface area contributed by atoms with Crippen molar-refractivity contribution >= 4 is 21.8 Å². The van der Waals surface area contributed by atoms with Crippen molar-refractivity contribution in [2.45, 2.75) is 52.0 Å². The molecule has 0 radical (unpaired) electrons. The maximum Gasteiger partial charge on any atom is 0.223 e. The first-order valence-electron chi connectivity index (χ1n) is 6.00. The van der Waals surface area contributed by atoms with Crippen LogP contribution >= 0.6 is 15.9 Å². The molecular weight excluding hydrogens is 254 g/mol. The molecule has 1 aliphatic carbocycles. The Hall–Kier alpha value is -0.0500. The van der Waals surface area contributed by atoms with E-state index < -0.39 is 0 Å². The SMILES string of the molecule is CC(C)N(CCBr)C(=O)CC1CCCC1. The van der Waals surface area contributed by atoms with Gasteiger partial charge in [0.2, 0.25) is 5.91 Å². The van der Waals surface area contributed by atoms with Gasteiger partial charge in [-0.05, 0) is 32.6 Å². The summed E-state index contributed by atoms with van der Waals surface area (Å²) in [5.74, 6) is 1.01. The average Bonchev–Trinajstić information content (AvgIpc) is 2.65. The van der Waals surface area contributed by atoms with E-state index in [-0.39, 0.29) is 0 Å². The molecule has 0 unspecified atom stereocenters. The molecule has 1 rings (SSSR count). The lowest BCUT2D eigenvalue weighted by Crippen LogP contribution is -2.39. The van der Waals surface area contributed by atoms with E-state index in [1.54, 1.807) is 0 Å². The molecule has 1 aliphatic rings. The van der Waals surface area contributed by atoms with Crippen LogP contribution in [0.3, 0.4) is 0 Å². The molecule has 1 amide bonds. The number of carbonyl (C=O) groups is 1. The molecule has 3 heteroatoms. The van der Waals surface area contributed by atoms with Crippen molar-refractivity contribution in [2.24, 2.45) is 5.92 Å². The summed E-state index contributed by atoms with van der Waals surface area (Å²) < 4.78 is 0. The Morgan fingerprint density at radius 3 is 2.47 bits per heavy atom. The minimum atomic E-state index is 0.330. The van der Waals surface area contributed by atoms with Crippen molar-refractivity contribution in [1.29, 1.82) is 0 Å². The highest BCUT2D eigenvalue weighted by Crippen LogP contribution is 2.28. The fraction of sp³-hybridized carbons (Fsp3) is 0.917. The predicted molar refractivity (Wildman–Crippen MR) is 67.2 cm³/mol. The second kappa shape index (κ2) is 6.51. The number of hydrogen-bond acceptors (Lipinski definition) is 1. The smallest absolute Gasteiger partial charge is 0.223 e. The molecule has 0 bridgehead atoms. The van der Waals surface area contributed by atoms with E-state index in [1.807, 2.05) is 4.90 Å². The molecule has 0 atom stereocenters. The van der Waals surface area contributed by atoms with Crippen molar-refractivity contribution in [1.82, 2.24) is 4.90 Å². The molecule has 0 saturated heterocycles. The standard InChI is InChI=1S/C12H22BrNO/c1-10(2)14(8-7-13)12(15)9-11-5-3-4-6-11/h10-11H,3-9H2,1-2H3. The Balaban J connectivity index is 2.40. The summed E-state index contributed by atoms with van der Waals surface area (Å²) in [5, 5.41) is 0.877. The summed E-state index contributed by atoms with van der Waals surface area (Å²) in [6.07, 6.45) is 5.92. The number of amides is 1. The van der Waals surface area contributed by atoms with Crippen molar-refractivity contribution in [3.63, 3.8) is 0 Å². The van der Waals surface area contributed by atoms with Crippen LogP contribution in [0, 0.1) is 5.92 Å². The number of halogens is 1. The van der Waals surface area contributed by atoms with Crippen LogP contribution < -0.4 is 0 Å². The summed E-state index contributed by atoms with van der Waals surface area (Å²) in [7, 11) is 0. The van der Waals surface area contributed by atoms with E-state index in [9.17, 15) is 4.79 Å². The first-order chi connectivity index (χ1) is 7.15. The van der Waals surface area contributed by atoms with Gasteiger partial charge < -0.3 is 4.90 Å². The monoisotopic (exact) mass is 275 g/mol. The Bertz CT molecular complexity index is 200. The zero-order valence-corrected chi connectivity index (χ0v) is 11.4. The molecule has 0 spiro atoms. The number of hydrogen-bond donors (Lipinski definition) is 0. The van der Waals surface area contributed by atoms with Gasteiger partial charge in [0.25, 0.3) is 0 Å². The summed E-state index contributed by atoms with van der Waals surface area (Å²) in [6.45, 7) is 5.02. The third-order valence-electron chi connectivity index (χ3n) is 3.21. The second-order valence-electron chi connectivity index (χ2n) is 4.72. The first-order valence-corrected chi connectivity index (χ1v) is 7.12. The zero-order valence-electron chi connectivity index (χ0n) is 9.84. The van der Waals surface area contributed by atoms with E-state index in [1.165, 1.54) is 25.7 Å². The normalized spacial score (nSPS) is 17.3. The van der Waals surface area contributed by atoms with Gasteiger partial charge in [0, 0.05) is 24.3 Å². The minimum absolute atomic E-state index is 0.330. The molecule has 2 nitrogen and oxygen atoms in total. The van der Waals surface area contributed by atoms with Crippen LogP contribution in [0.25, 0.3) is 0 Å². The number of nitrogens with zero attached hydrogens (tertiary/aromatic N) is 1. The maximum atomic E-state index is 12.0. The van der Waals surface area contributed by atoms with Gasteiger partial charge in [-0.3, -0.25) is 4.79 Å². The lowest BCUT2D eigenvalue weighted by molar-refractivity contribution is -0.133. The lowest BCUT2D eigenvalue weighted by Gasteiger charge is -2.27. The fourth-order valence-corrected chi connectivity index (χ4v) is 2.72. The Morgan fingerprint density at radius 1 is 1.40 bits per heavy atom. The van der Waals surface area contributed by atoms with E-state index in [4.69, 9.17) is 0 Å². The van der Waals surface area contributed by atoms with Gasteiger partial charge in [-0.15, -0.1) is 0 Å². The minimum Gasteiger partial charge on any atom is -0.339 e. The maximum absolute atomic E-state index is 12.0. The van der Waals surface area contributed by atoms with Crippen LogP contribution in [0.4, 0.5) is 0 Å². The number of rotatable bonds is 5. The Labute approximate surface area is 102 Å². The van der Waals surface area contributed by atoms with Gasteiger partial charge in [0.15, 0.2) is 0 Å². The third kappa shape index (κ3) is 4.13. The number of carbonyl (C=O) groups excluding carboxylic acids is 1. The van der Waals surface area contributed by atoms with E-state index in [0.29, 0.717) is 17.9 Å². The van der Waals surface area contributed by atoms with Gasteiger partial charge >= 0.3 is 0 Å².